The van der Waals surface area contributed by atoms with Crippen molar-refractivity contribution in [1.82, 2.24) is 25.0 Å². The summed E-state index contributed by atoms with van der Waals surface area (Å²) in [6.07, 6.45) is 5.67. The molecule has 8 nitrogen and oxygen atoms in total. The van der Waals surface area contributed by atoms with E-state index in [1.165, 1.54) is 16.9 Å². The topological polar surface area (TPSA) is 89.9 Å². The maximum Gasteiger partial charge on any atom is 0.200 e. The molecule has 1 aromatic carbocycles. The Balaban J connectivity index is 1.56. The van der Waals surface area contributed by atoms with Gasteiger partial charge in [0, 0.05) is 24.3 Å². The number of halogens is 1. The summed E-state index contributed by atoms with van der Waals surface area (Å²) in [5.74, 6) is 0.284. The molecule has 5 rings (SSSR count). The highest BCUT2D eigenvalue weighted by atomic mass is 19.1. The molecular weight excluding hydrogens is 399 g/mol. The van der Waals surface area contributed by atoms with E-state index < -0.39 is 0 Å². The highest BCUT2D eigenvalue weighted by Gasteiger charge is 2.32. The number of carbonyl (C=O) groups excluding carboxylic acids is 1. The van der Waals surface area contributed by atoms with Crippen molar-refractivity contribution in [3.63, 3.8) is 0 Å². The number of aromatic nitrogens is 5. The van der Waals surface area contributed by atoms with E-state index >= 15 is 0 Å². The minimum atomic E-state index is -0.337. The summed E-state index contributed by atoms with van der Waals surface area (Å²) in [5.41, 5.74) is 3.51. The van der Waals surface area contributed by atoms with E-state index in [1.54, 1.807) is 18.5 Å². The molecule has 9 heteroatoms. The van der Waals surface area contributed by atoms with Crippen LogP contribution in [0.3, 0.4) is 0 Å². The van der Waals surface area contributed by atoms with Crippen LogP contribution < -0.4 is 4.90 Å². The molecular formula is C22H21FN6O2. The highest BCUT2D eigenvalue weighted by molar-refractivity contribution is 5.84. The Labute approximate surface area is 177 Å². The molecule has 0 unspecified atom stereocenters. The summed E-state index contributed by atoms with van der Waals surface area (Å²) in [7, 11) is 0. The van der Waals surface area contributed by atoms with Gasteiger partial charge in [-0.1, -0.05) is 0 Å². The van der Waals surface area contributed by atoms with Crippen LogP contribution in [0.5, 0.6) is 0 Å². The van der Waals surface area contributed by atoms with Crippen molar-refractivity contribution in [3.8, 4) is 5.69 Å². The molecule has 1 aliphatic rings. The van der Waals surface area contributed by atoms with Crippen LogP contribution in [0.25, 0.3) is 16.8 Å². The minimum absolute atomic E-state index is 0.0262. The van der Waals surface area contributed by atoms with Crippen molar-refractivity contribution < 1.29 is 13.6 Å². The number of piperidine rings is 1. The first kappa shape index (κ1) is 19.3. The number of anilines is 1. The second-order valence-corrected chi connectivity index (χ2v) is 7.89. The predicted molar refractivity (Wildman–Crippen MR) is 112 cm³/mol. The summed E-state index contributed by atoms with van der Waals surface area (Å²) in [4.78, 5) is 24.4. The molecule has 3 aromatic heterocycles. The SMILES string of the molecule is Cc1cc(N2C[C@H](c3nc4cc(F)ccc4o3)CC[C@H]2C)c(-n2nccn2)c(C=O)n1. The summed E-state index contributed by atoms with van der Waals surface area (Å²) in [6.45, 7) is 4.64. The molecule has 1 fully saturated rings. The number of aryl methyl sites for hydroxylation is 1. The first-order chi connectivity index (χ1) is 15.0. The highest BCUT2D eigenvalue weighted by Crippen LogP contribution is 2.37. The molecule has 0 bridgehead atoms. The van der Waals surface area contributed by atoms with E-state index in [0.717, 1.165) is 30.5 Å². The number of carbonyl (C=O) groups is 1. The number of pyridine rings is 1. The van der Waals surface area contributed by atoms with Crippen LogP contribution in [0, 0.1) is 12.7 Å². The Hall–Kier alpha value is -3.62. The Morgan fingerprint density at radius 3 is 2.74 bits per heavy atom. The molecule has 0 aliphatic carbocycles. The lowest BCUT2D eigenvalue weighted by atomic mass is 9.92. The predicted octanol–water partition coefficient (Wildman–Crippen LogP) is 3.84. The van der Waals surface area contributed by atoms with Gasteiger partial charge in [0.25, 0.3) is 0 Å². The summed E-state index contributed by atoms with van der Waals surface area (Å²) >= 11 is 0. The number of benzene rings is 1. The van der Waals surface area contributed by atoms with Crippen LogP contribution in [0.1, 0.15) is 47.8 Å². The van der Waals surface area contributed by atoms with Gasteiger partial charge in [0.2, 0.25) is 0 Å². The van der Waals surface area contributed by atoms with Gasteiger partial charge in [0.05, 0.1) is 24.0 Å². The van der Waals surface area contributed by atoms with Crippen molar-refractivity contribution in [2.75, 3.05) is 11.4 Å². The van der Waals surface area contributed by atoms with E-state index in [1.807, 2.05) is 13.0 Å². The number of aldehydes is 1. The molecule has 0 radical (unpaired) electrons. The minimum Gasteiger partial charge on any atom is -0.440 e. The zero-order valence-corrected chi connectivity index (χ0v) is 17.2. The smallest absolute Gasteiger partial charge is 0.200 e. The zero-order valence-electron chi connectivity index (χ0n) is 17.2. The summed E-state index contributed by atoms with van der Waals surface area (Å²) in [5, 5.41) is 8.47. The molecule has 0 N–H and O–H groups in total. The lowest BCUT2D eigenvalue weighted by Gasteiger charge is -2.39. The van der Waals surface area contributed by atoms with Gasteiger partial charge >= 0.3 is 0 Å². The Kier molecular flexibility index (Phi) is 4.72. The van der Waals surface area contributed by atoms with Crippen LogP contribution in [0.15, 0.2) is 41.1 Å². The van der Waals surface area contributed by atoms with Crippen molar-refractivity contribution in [2.24, 2.45) is 0 Å². The third kappa shape index (κ3) is 3.45. The van der Waals surface area contributed by atoms with Crippen molar-refractivity contribution >= 4 is 23.1 Å². The average Bonchev–Trinajstić information content (AvgIpc) is 3.43. The quantitative estimate of drug-likeness (QED) is 0.463. The maximum absolute atomic E-state index is 13.6. The summed E-state index contributed by atoms with van der Waals surface area (Å²) < 4.78 is 19.5. The Bertz CT molecular complexity index is 1250. The molecule has 4 heterocycles. The van der Waals surface area contributed by atoms with Gasteiger partial charge in [-0.25, -0.2) is 14.4 Å². The molecule has 0 amide bonds. The third-order valence-corrected chi connectivity index (χ3v) is 5.76. The molecule has 31 heavy (non-hydrogen) atoms. The van der Waals surface area contributed by atoms with Crippen LogP contribution >= 0.6 is 0 Å². The Morgan fingerprint density at radius 2 is 1.97 bits per heavy atom. The molecule has 0 saturated carbocycles. The standard InChI is InChI=1S/C22H21FN6O2/c1-13-9-19(21(18(12-30)26-13)29-24-7-8-25-29)28-11-15(4-3-14(28)2)22-27-17-10-16(23)5-6-20(17)31-22/h5-10,12,14-15H,3-4,11H2,1-2H3/t14-,15-/m1/s1. The van der Waals surface area contributed by atoms with E-state index in [0.29, 0.717) is 29.2 Å². The number of fused-ring (bicyclic) bond motifs is 1. The van der Waals surface area contributed by atoms with Gasteiger partial charge in [-0.3, -0.25) is 4.79 Å². The number of nitrogens with zero attached hydrogens (tertiary/aromatic N) is 6. The molecule has 1 aliphatic heterocycles. The largest absolute Gasteiger partial charge is 0.440 e. The van der Waals surface area contributed by atoms with E-state index in [-0.39, 0.29) is 23.5 Å². The maximum atomic E-state index is 13.6. The molecule has 2 atom stereocenters. The van der Waals surface area contributed by atoms with Crippen LogP contribution in [-0.4, -0.2) is 43.8 Å². The average molecular weight is 420 g/mol. The van der Waals surface area contributed by atoms with Crippen molar-refractivity contribution in [2.45, 2.75) is 38.6 Å². The van der Waals surface area contributed by atoms with Crippen molar-refractivity contribution in [3.05, 3.63) is 59.8 Å². The second-order valence-electron chi connectivity index (χ2n) is 7.89. The Morgan fingerprint density at radius 1 is 1.16 bits per heavy atom. The first-order valence-electron chi connectivity index (χ1n) is 10.2. The van der Waals surface area contributed by atoms with Gasteiger partial charge in [-0.2, -0.15) is 10.2 Å². The van der Waals surface area contributed by atoms with E-state index in [9.17, 15) is 9.18 Å². The van der Waals surface area contributed by atoms with Gasteiger partial charge in [0.15, 0.2) is 17.8 Å². The molecule has 1 saturated heterocycles. The molecule has 0 spiro atoms. The lowest BCUT2D eigenvalue weighted by Crippen LogP contribution is -2.42. The first-order valence-corrected chi connectivity index (χ1v) is 10.2. The molecule has 158 valence electrons. The van der Waals surface area contributed by atoms with Gasteiger partial charge in [0.1, 0.15) is 22.7 Å². The van der Waals surface area contributed by atoms with E-state index in [4.69, 9.17) is 4.42 Å². The number of hydrogen-bond donors (Lipinski definition) is 0. The molecule has 4 aromatic rings. The number of rotatable bonds is 4. The van der Waals surface area contributed by atoms with Crippen LogP contribution in [0.4, 0.5) is 10.1 Å². The van der Waals surface area contributed by atoms with Crippen LogP contribution in [0.2, 0.25) is 0 Å². The monoisotopic (exact) mass is 420 g/mol. The second kappa shape index (κ2) is 7.57. The van der Waals surface area contributed by atoms with Gasteiger partial charge in [-0.05, 0) is 44.9 Å². The lowest BCUT2D eigenvalue weighted by molar-refractivity contribution is 0.111. The van der Waals surface area contributed by atoms with Gasteiger partial charge in [-0.15, -0.1) is 4.80 Å². The fourth-order valence-electron chi connectivity index (χ4n) is 4.25. The fraction of sp³-hybridized carbons (Fsp3) is 0.318. The summed E-state index contributed by atoms with van der Waals surface area (Å²) in [6, 6.07) is 6.53. The van der Waals surface area contributed by atoms with Crippen LogP contribution in [-0.2, 0) is 0 Å². The van der Waals surface area contributed by atoms with Gasteiger partial charge < -0.3 is 9.32 Å². The number of hydrogen-bond acceptors (Lipinski definition) is 7. The zero-order chi connectivity index (χ0) is 21.5. The number of oxazole rings is 1. The fourth-order valence-corrected chi connectivity index (χ4v) is 4.25. The van der Waals surface area contributed by atoms with E-state index in [2.05, 4.69) is 32.0 Å². The third-order valence-electron chi connectivity index (χ3n) is 5.76. The normalized spacial score (nSPS) is 19.1. The van der Waals surface area contributed by atoms with Crippen molar-refractivity contribution in [1.29, 1.82) is 0 Å².